The van der Waals surface area contributed by atoms with Crippen molar-refractivity contribution in [3.63, 3.8) is 0 Å². The summed E-state index contributed by atoms with van der Waals surface area (Å²) in [6.45, 7) is 10.3. The van der Waals surface area contributed by atoms with Gasteiger partial charge in [0.05, 0.1) is 6.42 Å². The highest BCUT2D eigenvalue weighted by Gasteiger charge is 2.12. The minimum absolute atomic E-state index is 0.0157. The molecule has 0 saturated heterocycles. The molecule has 0 aromatic carbocycles. The standard InChI is InChI=1S/C13H27N3O3/c1-4-9-15(5-2)11-8-14-13(19)16(6-3)10-7-12(17)18/h4-11H2,1-3H3,(H,14,19)(H,17,18). The van der Waals surface area contributed by atoms with Gasteiger partial charge < -0.3 is 20.2 Å². The number of aliphatic carboxylic acids is 1. The van der Waals surface area contributed by atoms with Crippen LogP contribution in [0.25, 0.3) is 0 Å². The summed E-state index contributed by atoms with van der Waals surface area (Å²) in [5, 5.41) is 11.4. The third-order valence-corrected chi connectivity index (χ3v) is 2.96. The monoisotopic (exact) mass is 273 g/mol. The smallest absolute Gasteiger partial charge is 0.317 e. The molecule has 0 radical (unpaired) electrons. The van der Waals surface area contributed by atoms with Crippen molar-refractivity contribution in [1.29, 1.82) is 0 Å². The second kappa shape index (κ2) is 10.6. The fourth-order valence-electron chi connectivity index (χ4n) is 1.81. The first-order chi connectivity index (χ1) is 9.04. The summed E-state index contributed by atoms with van der Waals surface area (Å²) in [5.41, 5.74) is 0. The average Bonchev–Trinajstić information content (AvgIpc) is 2.38. The molecule has 0 aliphatic carbocycles. The van der Waals surface area contributed by atoms with Crippen molar-refractivity contribution in [2.24, 2.45) is 0 Å². The topological polar surface area (TPSA) is 72.9 Å². The van der Waals surface area contributed by atoms with Crippen molar-refractivity contribution in [3.05, 3.63) is 0 Å². The Morgan fingerprint density at radius 1 is 1.05 bits per heavy atom. The predicted octanol–water partition coefficient (Wildman–Crippen LogP) is 1.22. The normalized spacial score (nSPS) is 10.5. The molecule has 0 aliphatic heterocycles. The molecule has 0 rings (SSSR count). The van der Waals surface area contributed by atoms with Crippen LogP contribution in [-0.4, -0.2) is 66.2 Å². The lowest BCUT2D eigenvalue weighted by atomic mass is 10.4. The predicted molar refractivity (Wildman–Crippen MR) is 75.3 cm³/mol. The first-order valence-corrected chi connectivity index (χ1v) is 7.02. The van der Waals surface area contributed by atoms with Gasteiger partial charge >= 0.3 is 12.0 Å². The van der Waals surface area contributed by atoms with Crippen molar-refractivity contribution in [2.45, 2.75) is 33.6 Å². The Morgan fingerprint density at radius 2 is 1.74 bits per heavy atom. The SMILES string of the molecule is CCCN(CC)CCNC(=O)N(CC)CCC(=O)O. The van der Waals surface area contributed by atoms with Crippen molar-refractivity contribution < 1.29 is 14.7 Å². The molecule has 6 heteroatoms. The van der Waals surface area contributed by atoms with Crippen LogP contribution in [0.5, 0.6) is 0 Å². The molecule has 2 amide bonds. The number of hydrogen-bond acceptors (Lipinski definition) is 3. The number of carbonyl (C=O) groups is 2. The Balaban J connectivity index is 3.95. The van der Waals surface area contributed by atoms with E-state index in [1.54, 1.807) is 0 Å². The first-order valence-electron chi connectivity index (χ1n) is 7.02. The van der Waals surface area contributed by atoms with Gasteiger partial charge in [0.2, 0.25) is 0 Å². The number of carboxylic acids is 1. The van der Waals surface area contributed by atoms with Gasteiger partial charge in [0.15, 0.2) is 0 Å². The number of amides is 2. The molecule has 0 saturated carbocycles. The number of hydrogen-bond donors (Lipinski definition) is 2. The van der Waals surface area contributed by atoms with Crippen molar-refractivity contribution >= 4 is 12.0 Å². The molecule has 0 aliphatic rings. The van der Waals surface area contributed by atoms with E-state index in [0.717, 1.165) is 26.1 Å². The Morgan fingerprint density at radius 3 is 2.21 bits per heavy atom. The zero-order valence-electron chi connectivity index (χ0n) is 12.3. The van der Waals surface area contributed by atoms with E-state index in [1.165, 1.54) is 4.90 Å². The summed E-state index contributed by atoms with van der Waals surface area (Å²) in [6.07, 6.45) is 1.08. The molecule has 2 N–H and O–H groups in total. The first kappa shape index (κ1) is 17.7. The average molecular weight is 273 g/mol. The van der Waals surface area contributed by atoms with E-state index in [4.69, 9.17) is 5.11 Å². The lowest BCUT2D eigenvalue weighted by Crippen LogP contribution is -2.43. The van der Waals surface area contributed by atoms with E-state index in [1.807, 2.05) is 6.92 Å². The number of likely N-dealkylation sites (N-methyl/N-ethyl adjacent to an activating group) is 1. The van der Waals surface area contributed by atoms with Crippen LogP contribution in [0.3, 0.4) is 0 Å². The maximum atomic E-state index is 11.8. The van der Waals surface area contributed by atoms with Crippen LogP contribution in [0.4, 0.5) is 4.79 Å². The second-order valence-electron chi connectivity index (χ2n) is 4.39. The van der Waals surface area contributed by atoms with E-state index in [2.05, 4.69) is 24.1 Å². The van der Waals surface area contributed by atoms with E-state index in [9.17, 15) is 9.59 Å². The number of urea groups is 1. The van der Waals surface area contributed by atoms with Gasteiger partial charge in [-0.05, 0) is 26.4 Å². The number of nitrogens with zero attached hydrogens (tertiary/aromatic N) is 2. The van der Waals surface area contributed by atoms with Crippen LogP contribution < -0.4 is 5.32 Å². The van der Waals surface area contributed by atoms with Gasteiger partial charge in [0, 0.05) is 26.2 Å². The maximum absolute atomic E-state index is 11.8. The van der Waals surface area contributed by atoms with Gasteiger partial charge in [0.25, 0.3) is 0 Å². The minimum Gasteiger partial charge on any atom is -0.481 e. The van der Waals surface area contributed by atoms with Crippen molar-refractivity contribution in [2.75, 3.05) is 39.3 Å². The lowest BCUT2D eigenvalue weighted by molar-refractivity contribution is -0.137. The summed E-state index contributed by atoms with van der Waals surface area (Å²) in [4.78, 5) is 26.1. The Labute approximate surface area is 115 Å². The fourth-order valence-corrected chi connectivity index (χ4v) is 1.81. The summed E-state index contributed by atoms with van der Waals surface area (Å²) in [7, 11) is 0. The summed E-state index contributed by atoms with van der Waals surface area (Å²) >= 11 is 0. The van der Waals surface area contributed by atoms with Crippen molar-refractivity contribution in [3.8, 4) is 0 Å². The molecule has 0 fully saturated rings. The molecule has 0 bridgehead atoms. The van der Waals surface area contributed by atoms with Crippen LogP contribution in [0, 0.1) is 0 Å². The highest BCUT2D eigenvalue weighted by molar-refractivity contribution is 5.75. The Hall–Kier alpha value is -1.30. The maximum Gasteiger partial charge on any atom is 0.317 e. The molecule has 6 nitrogen and oxygen atoms in total. The summed E-state index contributed by atoms with van der Waals surface area (Å²) in [6, 6.07) is -0.184. The molecular weight excluding hydrogens is 246 g/mol. The zero-order chi connectivity index (χ0) is 14.7. The Kier molecular flexibility index (Phi) is 9.88. The molecule has 0 aromatic rings. The lowest BCUT2D eigenvalue weighted by Gasteiger charge is -2.23. The van der Waals surface area contributed by atoms with E-state index in [-0.39, 0.29) is 19.0 Å². The molecule has 0 unspecified atom stereocenters. The molecule has 0 heterocycles. The third kappa shape index (κ3) is 8.42. The summed E-state index contributed by atoms with van der Waals surface area (Å²) < 4.78 is 0. The summed E-state index contributed by atoms with van der Waals surface area (Å²) in [5.74, 6) is -0.883. The fraction of sp³-hybridized carbons (Fsp3) is 0.846. The van der Waals surface area contributed by atoms with Crippen LogP contribution in [0.2, 0.25) is 0 Å². The van der Waals surface area contributed by atoms with Gasteiger partial charge in [-0.3, -0.25) is 4.79 Å². The Bertz CT molecular complexity index is 272. The number of carbonyl (C=O) groups excluding carboxylic acids is 1. The minimum atomic E-state index is -0.883. The highest BCUT2D eigenvalue weighted by atomic mass is 16.4. The van der Waals surface area contributed by atoms with Gasteiger partial charge in [-0.2, -0.15) is 0 Å². The van der Waals surface area contributed by atoms with E-state index < -0.39 is 5.97 Å². The largest absolute Gasteiger partial charge is 0.481 e. The molecule has 0 atom stereocenters. The van der Waals surface area contributed by atoms with Crippen LogP contribution in [-0.2, 0) is 4.79 Å². The molecule has 112 valence electrons. The number of rotatable bonds is 10. The van der Waals surface area contributed by atoms with Gasteiger partial charge in [-0.1, -0.05) is 13.8 Å². The van der Waals surface area contributed by atoms with Gasteiger partial charge in [0.1, 0.15) is 0 Å². The highest BCUT2D eigenvalue weighted by Crippen LogP contribution is 1.94. The van der Waals surface area contributed by atoms with Gasteiger partial charge in [-0.15, -0.1) is 0 Å². The van der Waals surface area contributed by atoms with E-state index in [0.29, 0.717) is 13.1 Å². The van der Waals surface area contributed by atoms with Crippen LogP contribution >= 0.6 is 0 Å². The second-order valence-corrected chi connectivity index (χ2v) is 4.39. The van der Waals surface area contributed by atoms with E-state index >= 15 is 0 Å². The zero-order valence-corrected chi connectivity index (χ0v) is 12.3. The van der Waals surface area contributed by atoms with Crippen LogP contribution in [0.1, 0.15) is 33.6 Å². The van der Waals surface area contributed by atoms with Gasteiger partial charge in [-0.25, -0.2) is 4.79 Å². The van der Waals surface area contributed by atoms with Crippen molar-refractivity contribution in [1.82, 2.24) is 15.1 Å². The molecule has 0 aromatic heterocycles. The molecule has 19 heavy (non-hydrogen) atoms. The quantitative estimate of drug-likeness (QED) is 0.628. The molecule has 0 spiro atoms. The molecular formula is C13H27N3O3. The third-order valence-electron chi connectivity index (χ3n) is 2.96. The van der Waals surface area contributed by atoms with Crippen LogP contribution in [0.15, 0.2) is 0 Å². The number of carboxylic acid groups (broad SMARTS) is 1. The number of nitrogens with one attached hydrogen (secondary N) is 1.